The highest BCUT2D eigenvalue weighted by atomic mass is 127. The highest BCUT2D eigenvalue weighted by Gasteiger charge is 2.34. The number of nitrogens with zero attached hydrogens (tertiary/aromatic N) is 1. The summed E-state index contributed by atoms with van der Waals surface area (Å²) in [5.74, 6) is -2.16. The number of halogens is 3. The zero-order valence-corrected chi connectivity index (χ0v) is 15.2. The molecule has 0 saturated heterocycles. The Kier molecular flexibility index (Phi) is 5.74. The normalized spacial score (nSPS) is 19.7. The van der Waals surface area contributed by atoms with E-state index in [9.17, 15) is 8.78 Å². The van der Waals surface area contributed by atoms with Gasteiger partial charge in [0.2, 0.25) is 5.92 Å². The molecular formula is C16H24F2IN3. The average molecular weight is 423 g/mol. The first-order valence-corrected chi connectivity index (χ1v) is 8.91. The van der Waals surface area contributed by atoms with Crippen molar-refractivity contribution in [1.29, 1.82) is 0 Å². The SMILES string of the molecule is C[C@H](I)N(C)c1ccc(NCC2CCC(F)(F)CC2)c(N)c1. The van der Waals surface area contributed by atoms with Gasteiger partial charge in [-0.05, 0) is 43.9 Å². The van der Waals surface area contributed by atoms with Crippen molar-refractivity contribution in [2.45, 2.75) is 42.6 Å². The van der Waals surface area contributed by atoms with E-state index in [0.29, 0.717) is 35.0 Å². The van der Waals surface area contributed by atoms with Crippen molar-refractivity contribution in [2.24, 2.45) is 5.92 Å². The molecule has 1 aromatic rings. The Hall–Kier alpha value is -0.790. The summed E-state index contributed by atoms with van der Waals surface area (Å²) >= 11 is 2.35. The molecule has 2 rings (SSSR count). The fourth-order valence-corrected chi connectivity index (χ4v) is 3.02. The van der Waals surface area contributed by atoms with Gasteiger partial charge in [-0.2, -0.15) is 0 Å². The summed E-state index contributed by atoms with van der Waals surface area (Å²) in [5.41, 5.74) is 8.76. The minimum Gasteiger partial charge on any atom is -0.397 e. The topological polar surface area (TPSA) is 41.3 Å². The molecule has 0 bridgehead atoms. The van der Waals surface area contributed by atoms with Crippen molar-refractivity contribution in [3.63, 3.8) is 0 Å². The van der Waals surface area contributed by atoms with Gasteiger partial charge in [0, 0.05) is 32.1 Å². The predicted octanol–water partition coefficient (Wildman–Crippen LogP) is 4.72. The summed E-state index contributed by atoms with van der Waals surface area (Å²) in [6, 6.07) is 5.95. The third-order valence-electron chi connectivity index (χ3n) is 4.39. The lowest BCUT2D eigenvalue weighted by molar-refractivity contribution is -0.0443. The molecule has 0 aliphatic heterocycles. The number of nitrogen functional groups attached to an aromatic ring is 1. The lowest BCUT2D eigenvalue weighted by Crippen LogP contribution is -2.28. The van der Waals surface area contributed by atoms with Crippen LogP contribution in [-0.2, 0) is 0 Å². The van der Waals surface area contributed by atoms with Crippen LogP contribution in [0.1, 0.15) is 32.6 Å². The smallest absolute Gasteiger partial charge is 0.248 e. The van der Waals surface area contributed by atoms with Crippen LogP contribution >= 0.6 is 22.6 Å². The van der Waals surface area contributed by atoms with Crippen molar-refractivity contribution in [2.75, 3.05) is 29.5 Å². The molecule has 1 saturated carbocycles. The van der Waals surface area contributed by atoms with Crippen LogP contribution in [0.5, 0.6) is 0 Å². The Morgan fingerprint density at radius 1 is 1.41 bits per heavy atom. The van der Waals surface area contributed by atoms with Crippen LogP contribution in [0.15, 0.2) is 18.2 Å². The second-order valence-corrected chi connectivity index (χ2v) is 7.94. The molecular weight excluding hydrogens is 399 g/mol. The van der Waals surface area contributed by atoms with Gasteiger partial charge < -0.3 is 16.0 Å². The van der Waals surface area contributed by atoms with Crippen molar-refractivity contribution in [3.05, 3.63) is 18.2 Å². The minimum absolute atomic E-state index is 0.00606. The van der Waals surface area contributed by atoms with Gasteiger partial charge >= 0.3 is 0 Å². The zero-order valence-electron chi connectivity index (χ0n) is 13.1. The molecule has 0 spiro atoms. The summed E-state index contributed by atoms with van der Waals surface area (Å²) in [7, 11) is 2.03. The van der Waals surface area contributed by atoms with Crippen LogP contribution in [-0.4, -0.2) is 23.6 Å². The van der Waals surface area contributed by atoms with Crippen LogP contribution in [0.25, 0.3) is 0 Å². The Labute approximate surface area is 144 Å². The van der Waals surface area contributed by atoms with E-state index in [1.54, 1.807) is 0 Å². The van der Waals surface area contributed by atoms with Crippen molar-refractivity contribution in [3.8, 4) is 0 Å². The molecule has 3 N–H and O–H groups in total. The van der Waals surface area contributed by atoms with Gasteiger partial charge in [-0.15, -0.1) is 0 Å². The zero-order chi connectivity index (χ0) is 16.3. The standard InChI is InChI=1S/C16H24F2IN3/c1-11(19)22(2)13-3-4-15(14(20)9-13)21-10-12-5-7-16(17,18)8-6-12/h3-4,9,11-12,21H,5-8,10,20H2,1-2H3/t11-/m1/s1. The van der Waals surface area contributed by atoms with Gasteiger partial charge in [0.15, 0.2) is 0 Å². The summed E-state index contributed by atoms with van der Waals surface area (Å²) in [6.45, 7) is 2.82. The summed E-state index contributed by atoms with van der Waals surface area (Å²) in [5, 5.41) is 3.32. The Morgan fingerprint density at radius 3 is 2.59 bits per heavy atom. The molecule has 1 aromatic carbocycles. The molecule has 0 unspecified atom stereocenters. The third-order valence-corrected chi connectivity index (χ3v) is 5.23. The number of hydrogen-bond acceptors (Lipinski definition) is 3. The van der Waals surface area contributed by atoms with Crippen molar-refractivity contribution < 1.29 is 8.78 Å². The Bertz CT molecular complexity index is 498. The largest absolute Gasteiger partial charge is 0.397 e. The van der Waals surface area contributed by atoms with E-state index in [1.807, 2.05) is 25.2 Å². The van der Waals surface area contributed by atoms with E-state index in [0.717, 1.165) is 11.4 Å². The van der Waals surface area contributed by atoms with Crippen LogP contribution in [0.4, 0.5) is 25.8 Å². The quantitative estimate of drug-likeness (QED) is 0.312. The van der Waals surface area contributed by atoms with Crippen LogP contribution in [0.2, 0.25) is 0 Å². The second kappa shape index (κ2) is 7.19. The van der Waals surface area contributed by atoms with E-state index in [2.05, 4.69) is 39.7 Å². The summed E-state index contributed by atoms with van der Waals surface area (Å²) in [4.78, 5) is 2.14. The van der Waals surface area contributed by atoms with E-state index < -0.39 is 5.92 Å². The van der Waals surface area contributed by atoms with E-state index >= 15 is 0 Å². The minimum atomic E-state index is -2.46. The highest BCUT2D eigenvalue weighted by Crippen LogP contribution is 2.36. The molecule has 22 heavy (non-hydrogen) atoms. The number of nitrogens with one attached hydrogen (secondary N) is 1. The lowest BCUT2D eigenvalue weighted by Gasteiger charge is -2.29. The summed E-state index contributed by atoms with van der Waals surface area (Å²) < 4.78 is 26.7. The average Bonchev–Trinajstić information content (AvgIpc) is 2.46. The number of anilines is 3. The van der Waals surface area contributed by atoms with E-state index in [4.69, 9.17) is 5.73 Å². The molecule has 1 fully saturated rings. The van der Waals surface area contributed by atoms with Crippen molar-refractivity contribution >= 4 is 39.7 Å². The Morgan fingerprint density at radius 2 is 2.05 bits per heavy atom. The van der Waals surface area contributed by atoms with Gasteiger partial charge in [0.1, 0.15) is 0 Å². The van der Waals surface area contributed by atoms with Gasteiger partial charge in [0.25, 0.3) is 0 Å². The molecule has 0 radical (unpaired) electrons. The maximum atomic E-state index is 13.1. The predicted molar refractivity (Wildman–Crippen MR) is 98.1 cm³/mol. The molecule has 0 heterocycles. The fourth-order valence-electron chi connectivity index (χ4n) is 2.69. The first-order valence-electron chi connectivity index (χ1n) is 7.66. The van der Waals surface area contributed by atoms with Gasteiger partial charge in [-0.3, -0.25) is 0 Å². The van der Waals surface area contributed by atoms with Crippen LogP contribution in [0, 0.1) is 5.92 Å². The highest BCUT2D eigenvalue weighted by molar-refractivity contribution is 14.1. The summed E-state index contributed by atoms with van der Waals surface area (Å²) in [6.07, 6.45) is 1.17. The van der Waals surface area contributed by atoms with Gasteiger partial charge in [-0.25, -0.2) is 8.78 Å². The molecule has 6 heteroatoms. The van der Waals surface area contributed by atoms with E-state index in [-0.39, 0.29) is 12.8 Å². The van der Waals surface area contributed by atoms with E-state index in [1.165, 1.54) is 0 Å². The lowest BCUT2D eigenvalue weighted by atomic mass is 9.87. The number of hydrogen-bond donors (Lipinski definition) is 2. The van der Waals surface area contributed by atoms with Crippen molar-refractivity contribution in [1.82, 2.24) is 0 Å². The van der Waals surface area contributed by atoms with Gasteiger partial charge in [-0.1, -0.05) is 22.6 Å². The second-order valence-electron chi connectivity index (χ2n) is 6.14. The number of benzene rings is 1. The number of rotatable bonds is 5. The maximum absolute atomic E-state index is 13.1. The third kappa shape index (κ3) is 4.60. The molecule has 1 atom stereocenters. The molecule has 0 aromatic heterocycles. The monoisotopic (exact) mass is 423 g/mol. The first-order chi connectivity index (χ1) is 10.3. The fraction of sp³-hybridized carbons (Fsp3) is 0.625. The molecule has 3 nitrogen and oxygen atoms in total. The van der Waals surface area contributed by atoms with Gasteiger partial charge in [0.05, 0.1) is 15.4 Å². The number of alkyl halides is 3. The molecule has 1 aliphatic carbocycles. The molecule has 124 valence electrons. The molecule has 1 aliphatic rings. The van der Waals surface area contributed by atoms with Crippen LogP contribution < -0.4 is 16.0 Å². The Balaban J connectivity index is 1.91. The van der Waals surface area contributed by atoms with Crippen LogP contribution in [0.3, 0.4) is 0 Å². The molecule has 0 amide bonds. The number of nitrogens with two attached hydrogens (primary N) is 1. The first kappa shape index (κ1) is 17.6. The maximum Gasteiger partial charge on any atom is 0.248 e.